The highest BCUT2D eigenvalue weighted by molar-refractivity contribution is 5.82. The van der Waals surface area contributed by atoms with Gasteiger partial charge in [-0.1, -0.05) is 13.3 Å². The van der Waals surface area contributed by atoms with Gasteiger partial charge in [0.25, 0.3) is 6.43 Å². The van der Waals surface area contributed by atoms with Crippen LogP contribution < -0.4 is 5.32 Å². The summed E-state index contributed by atoms with van der Waals surface area (Å²) in [5, 5.41) is 19.6. The largest absolute Gasteiger partial charge is 0.480 e. The third-order valence-electron chi connectivity index (χ3n) is 2.19. The van der Waals surface area contributed by atoms with Crippen LogP contribution in [0.2, 0.25) is 0 Å². The molecule has 0 saturated carbocycles. The quantitative estimate of drug-likeness (QED) is 0.598. The number of carbonyl (C=O) groups excluding carboxylic acids is 1. The van der Waals surface area contributed by atoms with E-state index in [1.54, 1.807) is 6.92 Å². The molecule has 0 aliphatic rings. The molecular weight excluding hydrogens is 250 g/mol. The van der Waals surface area contributed by atoms with Crippen molar-refractivity contribution < 1.29 is 28.6 Å². The molecule has 0 aromatic heterocycles. The number of rotatable bonds is 8. The van der Waals surface area contributed by atoms with E-state index in [4.69, 9.17) is 10.2 Å². The predicted molar refractivity (Wildman–Crippen MR) is 59.5 cm³/mol. The maximum atomic E-state index is 12.2. The van der Waals surface area contributed by atoms with E-state index in [-0.39, 0.29) is 13.0 Å². The average molecular weight is 268 g/mol. The number of nitrogens with one attached hydrogen (secondary N) is 1. The van der Waals surface area contributed by atoms with Crippen LogP contribution in [0.15, 0.2) is 0 Å². The Hall–Kier alpha value is -1.44. The number of alkyl halides is 2. The van der Waals surface area contributed by atoms with E-state index in [1.807, 2.05) is 0 Å². The number of aliphatic hydroxyl groups is 1. The lowest BCUT2D eigenvalue weighted by Gasteiger charge is -2.24. The Balaban J connectivity index is 4.50. The highest BCUT2D eigenvalue weighted by atomic mass is 19.3. The predicted octanol–water partition coefficient (Wildman–Crippen LogP) is 0.509. The first-order valence-corrected chi connectivity index (χ1v) is 5.59. The number of hydrogen-bond donors (Lipinski definition) is 3. The fraction of sp³-hybridized carbons (Fsp3) is 0.800. The molecule has 0 aromatic rings. The van der Waals surface area contributed by atoms with Crippen LogP contribution in [-0.2, 0) is 4.79 Å². The summed E-state index contributed by atoms with van der Waals surface area (Å²) in [7, 11) is 0. The van der Waals surface area contributed by atoms with Crippen molar-refractivity contribution in [3.8, 4) is 0 Å². The molecule has 8 heteroatoms. The first-order chi connectivity index (χ1) is 8.42. The van der Waals surface area contributed by atoms with Crippen molar-refractivity contribution >= 4 is 12.0 Å². The zero-order valence-electron chi connectivity index (χ0n) is 10.1. The van der Waals surface area contributed by atoms with Gasteiger partial charge >= 0.3 is 12.0 Å². The minimum Gasteiger partial charge on any atom is -0.480 e. The zero-order chi connectivity index (χ0) is 14.1. The van der Waals surface area contributed by atoms with Crippen LogP contribution in [0.5, 0.6) is 0 Å². The summed E-state index contributed by atoms with van der Waals surface area (Å²) in [6.07, 6.45) is -1.99. The monoisotopic (exact) mass is 268 g/mol. The van der Waals surface area contributed by atoms with Crippen LogP contribution in [0.1, 0.15) is 19.8 Å². The Kier molecular flexibility index (Phi) is 7.93. The molecule has 106 valence electrons. The van der Waals surface area contributed by atoms with Crippen molar-refractivity contribution in [3.05, 3.63) is 0 Å². The summed E-state index contributed by atoms with van der Waals surface area (Å²) >= 11 is 0. The SMILES string of the molecule is CCCC(NC(=O)N(CCO)CC(F)F)C(=O)O. The molecule has 6 nitrogen and oxygen atoms in total. The molecule has 0 spiro atoms. The molecule has 0 radical (unpaired) electrons. The Bertz CT molecular complexity index is 277. The molecule has 0 aliphatic carbocycles. The summed E-state index contributed by atoms with van der Waals surface area (Å²) < 4.78 is 24.4. The van der Waals surface area contributed by atoms with Gasteiger partial charge in [-0.05, 0) is 6.42 Å². The van der Waals surface area contributed by atoms with E-state index < -0.39 is 37.6 Å². The number of carboxylic acid groups (broad SMARTS) is 1. The Labute approximate surface area is 104 Å². The molecule has 0 aromatic carbocycles. The first-order valence-electron chi connectivity index (χ1n) is 5.59. The molecule has 0 fully saturated rings. The lowest BCUT2D eigenvalue weighted by atomic mass is 10.2. The molecule has 1 atom stereocenters. The third kappa shape index (κ3) is 6.33. The van der Waals surface area contributed by atoms with Crippen LogP contribution in [0.3, 0.4) is 0 Å². The Morgan fingerprint density at radius 2 is 2.00 bits per heavy atom. The van der Waals surface area contributed by atoms with E-state index in [1.165, 1.54) is 0 Å². The highest BCUT2D eigenvalue weighted by Gasteiger charge is 2.23. The van der Waals surface area contributed by atoms with Gasteiger partial charge in [-0.15, -0.1) is 0 Å². The van der Waals surface area contributed by atoms with Crippen molar-refractivity contribution in [1.82, 2.24) is 10.2 Å². The van der Waals surface area contributed by atoms with Crippen LogP contribution in [0.4, 0.5) is 13.6 Å². The van der Waals surface area contributed by atoms with Gasteiger partial charge in [0, 0.05) is 6.54 Å². The Morgan fingerprint density at radius 1 is 1.39 bits per heavy atom. The van der Waals surface area contributed by atoms with Crippen LogP contribution >= 0.6 is 0 Å². The maximum absolute atomic E-state index is 12.2. The molecule has 3 N–H and O–H groups in total. The molecule has 0 heterocycles. The van der Waals surface area contributed by atoms with Crippen LogP contribution in [-0.4, -0.2) is 59.3 Å². The van der Waals surface area contributed by atoms with E-state index in [2.05, 4.69) is 5.32 Å². The number of carboxylic acids is 1. The maximum Gasteiger partial charge on any atom is 0.326 e. The second-order valence-electron chi connectivity index (χ2n) is 3.69. The van der Waals surface area contributed by atoms with Crippen LogP contribution in [0, 0.1) is 0 Å². The second-order valence-corrected chi connectivity index (χ2v) is 3.69. The minimum atomic E-state index is -2.74. The van der Waals surface area contributed by atoms with E-state index in [0.717, 1.165) is 0 Å². The average Bonchev–Trinajstić information content (AvgIpc) is 2.27. The summed E-state index contributed by atoms with van der Waals surface area (Å²) in [6.45, 7) is 0.165. The van der Waals surface area contributed by atoms with E-state index in [9.17, 15) is 18.4 Å². The summed E-state index contributed by atoms with van der Waals surface area (Å²) in [4.78, 5) is 23.1. The number of halogens is 2. The standard InChI is InChI=1S/C10H18F2N2O4/c1-2-3-7(9(16)17)13-10(18)14(4-5-15)6-8(11)12/h7-8,15H,2-6H2,1H3,(H,13,18)(H,16,17). The van der Waals surface area contributed by atoms with Gasteiger partial charge in [0.05, 0.1) is 13.2 Å². The summed E-state index contributed by atoms with van der Waals surface area (Å²) in [5.74, 6) is -1.22. The normalized spacial score (nSPS) is 12.3. The van der Waals surface area contributed by atoms with Gasteiger partial charge in [-0.2, -0.15) is 0 Å². The molecule has 18 heavy (non-hydrogen) atoms. The second kappa shape index (κ2) is 8.62. The fourth-order valence-corrected chi connectivity index (χ4v) is 1.35. The van der Waals surface area contributed by atoms with Crippen molar-refractivity contribution in [2.75, 3.05) is 19.7 Å². The first kappa shape index (κ1) is 16.6. The third-order valence-corrected chi connectivity index (χ3v) is 2.19. The molecule has 1 unspecified atom stereocenters. The molecular formula is C10H18F2N2O4. The van der Waals surface area contributed by atoms with Crippen molar-refractivity contribution in [1.29, 1.82) is 0 Å². The lowest BCUT2D eigenvalue weighted by Crippen LogP contribution is -2.49. The van der Waals surface area contributed by atoms with Crippen molar-refractivity contribution in [3.63, 3.8) is 0 Å². The smallest absolute Gasteiger partial charge is 0.326 e. The van der Waals surface area contributed by atoms with Gasteiger partial charge in [-0.25, -0.2) is 18.4 Å². The molecule has 2 amide bonds. The van der Waals surface area contributed by atoms with Gasteiger partial charge in [0.2, 0.25) is 0 Å². The number of hydrogen-bond acceptors (Lipinski definition) is 3. The topological polar surface area (TPSA) is 89.9 Å². The van der Waals surface area contributed by atoms with Gasteiger partial charge < -0.3 is 20.4 Å². The fourth-order valence-electron chi connectivity index (χ4n) is 1.35. The number of aliphatic hydroxyl groups excluding tert-OH is 1. The minimum absolute atomic E-state index is 0.211. The van der Waals surface area contributed by atoms with Gasteiger partial charge in [0.1, 0.15) is 6.04 Å². The number of aliphatic carboxylic acids is 1. The number of carbonyl (C=O) groups is 2. The highest BCUT2D eigenvalue weighted by Crippen LogP contribution is 2.02. The molecule has 0 saturated heterocycles. The number of urea groups is 1. The van der Waals surface area contributed by atoms with Gasteiger partial charge in [-0.3, -0.25) is 0 Å². The lowest BCUT2D eigenvalue weighted by molar-refractivity contribution is -0.139. The van der Waals surface area contributed by atoms with E-state index in [0.29, 0.717) is 11.3 Å². The van der Waals surface area contributed by atoms with Crippen molar-refractivity contribution in [2.45, 2.75) is 32.2 Å². The van der Waals surface area contributed by atoms with Crippen LogP contribution in [0.25, 0.3) is 0 Å². The summed E-state index contributed by atoms with van der Waals surface area (Å²) in [5.41, 5.74) is 0. The Morgan fingerprint density at radius 3 is 2.39 bits per heavy atom. The number of amides is 2. The van der Waals surface area contributed by atoms with E-state index >= 15 is 0 Å². The number of nitrogens with zero attached hydrogens (tertiary/aromatic N) is 1. The zero-order valence-corrected chi connectivity index (χ0v) is 10.1. The van der Waals surface area contributed by atoms with Crippen molar-refractivity contribution in [2.24, 2.45) is 0 Å². The summed E-state index contributed by atoms with van der Waals surface area (Å²) in [6, 6.07) is -2.02. The molecule has 0 bridgehead atoms. The van der Waals surface area contributed by atoms with Gasteiger partial charge in [0.15, 0.2) is 0 Å². The molecule has 0 rings (SSSR count). The molecule has 0 aliphatic heterocycles.